The highest BCUT2D eigenvalue weighted by molar-refractivity contribution is 6.43. The highest BCUT2D eigenvalue weighted by atomic mass is 35.5. The first-order chi connectivity index (χ1) is 8.16. The molecule has 1 amide bonds. The minimum absolute atomic E-state index is 0.238. The summed E-state index contributed by atoms with van der Waals surface area (Å²) in [5.74, 6) is -0.293. The molecule has 1 aromatic carbocycles. The second-order valence-corrected chi connectivity index (χ2v) is 3.95. The lowest BCUT2D eigenvalue weighted by Gasteiger charge is -2.06. The van der Waals surface area contributed by atoms with E-state index in [-0.39, 0.29) is 10.9 Å². The Morgan fingerprint density at radius 1 is 1.47 bits per heavy atom. The van der Waals surface area contributed by atoms with Crippen molar-refractivity contribution in [2.75, 3.05) is 13.1 Å². The summed E-state index contributed by atoms with van der Waals surface area (Å²) in [5.41, 5.74) is 8.39. The number of amides is 1. The van der Waals surface area contributed by atoms with Crippen molar-refractivity contribution in [2.45, 2.75) is 6.42 Å². The van der Waals surface area contributed by atoms with Gasteiger partial charge in [-0.15, -0.1) is 0 Å². The molecule has 0 spiro atoms. The summed E-state index contributed by atoms with van der Waals surface area (Å²) < 4.78 is 0. The summed E-state index contributed by atoms with van der Waals surface area (Å²) in [6, 6.07) is 4.86. The normalized spacial score (nSPS) is 9.53. The molecule has 17 heavy (non-hydrogen) atoms. The van der Waals surface area contributed by atoms with E-state index in [2.05, 4.69) is 15.3 Å². The van der Waals surface area contributed by atoms with Gasteiger partial charge < -0.3 is 5.32 Å². The molecule has 0 atom stereocenters. The Morgan fingerprint density at radius 3 is 2.94 bits per heavy atom. The monoisotopic (exact) mass is 272 g/mol. The van der Waals surface area contributed by atoms with Crippen molar-refractivity contribution in [1.82, 2.24) is 5.32 Å². The van der Waals surface area contributed by atoms with E-state index in [0.717, 1.165) is 0 Å². The van der Waals surface area contributed by atoms with E-state index in [1.807, 2.05) is 0 Å². The molecule has 0 aliphatic rings. The maximum absolute atomic E-state index is 11.7. The van der Waals surface area contributed by atoms with Gasteiger partial charge in [0.2, 0.25) is 0 Å². The third-order valence-corrected chi connectivity index (χ3v) is 2.80. The van der Waals surface area contributed by atoms with E-state index < -0.39 is 0 Å². The van der Waals surface area contributed by atoms with Crippen LogP contribution in [0.25, 0.3) is 10.4 Å². The number of halogens is 2. The van der Waals surface area contributed by atoms with Crippen LogP contribution in [0.4, 0.5) is 0 Å². The zero-order valence-electron chi connectivity index (χ0n) is 8.86. The third kappa shape index (κ3) is 4.15. The number of nitrogens with one attached hydrogen (secondary N) is 1. The lowest BCUT2D eigenvalue weighted by Crippen LogP contribution is -2.25. The zero-order valence-corrected chi connectivity index (χ0v) is 10.4. The molecule has 0 aliphatic heterocycles. The predicted octanol–water partition coefficient (Wildman–Crippen LogP) is 3.42. The number of rotatable bonds is 5. The van der Waals surface area contributed by atoms with Crippen molar-refractivity contribution in [3.8, 4) is 0 Å². The topological polar surface area (TPSA) is 77.9 Å². The highest BCUT2D eigenvalue weighted by Crippen LogP contribution is 2.25. The quantitative estimate of drug-likeness (QED) is 0.379. The third-order valence-electron chi connectivity index (χ3n) is 1.98. The zero-order chi connectivity index (χ0) is 12.7. The number of benzene rings is 1. The summed E-state index contributed by atoms with van der Waals surface area (Å²) in [5, 5.41) is 6.59. The Kier molecular flexibility index (Phi) is 5.63. The number of hydrogen-bond acceptors (Lipinski definition) is 2. The van der Waals surface area contributed by atoms with Gasteiger partial charge in [0.25, 0.3) is 5.91 Å². The van der Waals surface area contributed by atoms with Crippen LogP contribution in [0, 0.1) is 0 Å². The van der Waals surface area contributed by atoms with Crippen LogP contribution < -0.4 is 5.32 Å². The second-order valence-electron chi connectivity index (χ2n) is 3.17. The molecule has 0 aromatic heterocycles. The summed E-state index contributed by atoms with van der Waals surface area (Å²) in [7, 11) is 0. The van der Waals surface area contributed by atoms with Gasteiger partial charge in [-0.05, 0) is 24.1 Å². The molecule has 1 aromatic rings. The Labute approximate surface area is 108 Å². The molecule has 7 heteroatoms. The number of carbonyl (C=O) groups is 1. The Bertz CT molecular complexity index is 458. The van der Waals surface area contributed by atoms with Gasteiger partial charge in [-0.1, -0.05) is 34.4 Å². The van der Waals surface area contributed by atoms with Gasteiger partial charge in [-0.2, -0.15) is 0 Å². The standard InChI is InChI=1S/C10H10Cl2N4O/c11-8-4-1-3-7(9(8)12)10(17)14-5-2-6-15-16-13/h1,3-4H,2,5-6H2,(H,14,17). The van der Waals surface area contributed by atoms with Crippen LogP contribution in [0.1, 0.15) is 16.8 Å². The molecule has 90 valence electrons. The van der Waals surface area contributed by atoms with Gasteiger partial charge in [0.1, 0.15) is 0 Å². The summed E-state index contributed by atoms with van der Waals surface area (Å²) >= 11 is 11.7. The van der Waals surface area contributed by atoms with Crippen LogP contribution in [0.5, 0.6) is 0 Å². The van der Waals surface area contributed by atoms with E-state index in [9.17, 15) is 4.79 Å². The minimum Gasteiger partial charge on any atom is -0.352 e. The van der Waals surface area contributed by atoms with Crippen LogP contribution >= 0.6 is 23.2 Å². The van der Waals surface area contributed by atoms with Crippen molar-refractivity contribution in [2.24, 2.45) is 5.11 Å². The number of carbonyl (C=O) groups excluding carboxylic acids is 1. The van der Waals surface area contributed by atoms with Gasteiger partial charge in [0, 0.05) is 18.0 Å². The molecule has 0 saturated heterocycles. The lowest BCUT2D eigenvalue weighted by molar-refractivity contribution is 0.0953. The van der Waals surface area contributed by atoms with Crippen LogP contribution in [0.3, 0.4) is 0 Å². The van der Waals surface area contributed by atoms with Crippen LogP contribution in [-0.4, -0.2) is 19.0 Å². The van der Waals surface area contributed by atoms with Crippen molar-refractivity contribution >= 4 is 29.1 Å². The second kappa shape index (κ2) is 7.01. The van der Waals surface area contributed by atoms with Crippen molar-refractivity contribution in [3.63, 3.8) is 0 Å². The SMILES string of the molecule is [N-]=[N+]=NCCCNC(=O)c1cccc(Cl)c1Cl. The molecular weight excluding hydrogens is 263 g/mol. The van der Waals surface area contributed by atoms with E-state index >= 15 is 0 Å². The summed E-state index contributed by atoms with van der Waals surface area (Å²) in [6.07, 6.45) is 0.577. The molecule has 1 rings (SSSR count). The predicted molar refractivity (Wildman–Crippen MR) is 67.4 cm³/mol. The average molecular weight is 273 g/mol. The van der Waals surface area contributed by atoms with E-state index in [0.29, 0.717) is 30.1 Å². The fourth-order valence-corrected chi connectivity index (χ4v) is 1.56. The number of nitrogens with zero attached hydrogens (tertiary/aromatic N) is 3. The van der Waals surface area contributed by atoms with E-state index in [1.54, 1.807) is 18.2 Å². The van der Waals surface area contributed by atoms with Crippen molar-refractivity contribution < 1.29 is 4.79 Å². The molecule has 0 aliphatic carbocycles. The van der Waals surface area contributed by atoms with Gasteiger partial charge in [0.15, 0.2) is 0 Å². The number of azide groups is 1. The fraction of sp³-hybridized carbons (Fsp3) is 0.300. The van der Waals surface area contributed by atoms with Crippen LogP contribution in [0.2, 0.25) is 10.0 Å². The molecular formula is C10H10Cl2N4O. The van der Waals surface area contributed by atoms with Crippen molar-refractivity contribution in [3.05, 3.63) is 44.3 Å². The molecule has 1 N–H and O–H groups in total. The van der Waals surface area contributed by atoms with Gasteiger partial charge >= 0.3 is 0 Å². The maximum Gasteiger partial charge on any atom is 0.252 e. The van der Waals surface area contributed by atoms with Crippen molar-refractivity contribution in [1.29, 1.82) is 0 Å². The van der Waals surface area contributed by atoms with E-state index in [1.165, 1.54) is 0 Å². The largest absolute Gasteiger partial charge is 0.352 e. The van der Waals surface area contributed by atoms with E-state index in [4.69, 9.17) is 28.7 Å². The molecule has 0 bridgehead atoms. The Hall–Kier alpha value is -1.42. The summed E-state index contributed by atoms with van der Waals surface area (Å²) in [6.45, 7) is 0.765. The fourth-order valence-electron chi connectivity index (χ4n) is 1.17. The first kappa shape index (κ1) is 13.6. The molecule has 0 saturated carbocycles. The molecule has 0 unspecified atom stereocenters. The minimum atomic E-state index is -0.293. The first-order valence-electron chi connectivity index (χ1n) is 4.90. The van der Waals surface area contributed by atoms with Crippen LogP contribution in [0.15, 0.2) is 23.3 Å². The first-order valence-corrected chi connectivity index (χ1v) is 5.65. The Balaban J connectivity index is 2.52. The smallest absolute Gasteiger partial charge is 0.252 e. The highest BCUT2D eigenvalue weighted by Gasteiger charge is 2.11. The van der Waals surface area contributed by atoms with Gasteiger partial charge in [-0.3, -0.25) is 4.79 Å². The molecule has 0 radical (unpaired) electrons. The summed E-state index contributed by atoms with van der Waals surface area (Å²) in [4.78, 5) is 14.3. The number of hydrogen-bond donors (Lipinski definition) is 1. The lowest BCUT2D eigenvalue weighted by atomic mass is 10.2. The van der Waals surface area contributed by atoms with Crippen LogP contribution in [-0.2, 0) is 0 Å². The van der Waals surface area contributed by atoms with Gasteiger partial charge in [0.05, 0.1) is 15.6 Å². The average Bonchev–Trinajstić information content (AvgIpc) is 2.32. The molecule has 0 fully saturated rings. The molecule has 5 nitrogen and oxygen atoms in total. The molecule has 0 heterocycles. The van der Waals surface area contributed by atoms with Gasteiger partial charge in [-0.25, -0.2) is 0 Å². The maximum atomic E-state index is 11.7. The Morgan fingerprint density at radius 2 is 2.24 bits per heavy atom.